The molecule has 6 nitrogen and oxygen atoms in total. The number of carbonyl (C=O) groups is 2. The molecular weight excluding hydrogens is 416 g/mol. The third-order valence-electron chi connectivity index (χ3n) is 4.26. The maximum absolute atomic E-state index is 12.3. The van der Waals surface area contributed by atoms with Gasteiger partial charge in [0.15, 0.2) is 4.34 Å². The van der Waals surface area contributed by atoms with Crippen molar-refractivity contribution in [3.63, 3.8) is 0 Å². The number of hydrogen-bond acceptors (Lipinski definition) is 6. The predicted molar refractivity (Wildman–Crippen MR) is 120 cm³/mol. The molecule has 0 saturated carbocycles. The number of hydrazine groups is 1. The number of rotatable bonds is 5. The number of benzene rings is 2. The van der Waals surface area contributed by atoms with E-state index >= 15 is 0 Å². The molecule has 0 fully saturated rings. The van der Waals surface area contributed by atoms with Crippen molar-refractivity contribution in [3.05, 3.63) is 89.2 Å². The first-order chi connectivity index (χ1) is 14.6. The number of fused-ring (bicyclic) bond motifs is 1. The highest BCUT2D eigenvalue weighted by atomic mass is 32.2. The molecule has 0 spiro atoms. The van der Waals surface area contributed by atoms with E-state index in [1.807, 2.05) is 30.3 Å². The number of thiazole rings is 1. The Morgan fingerprint density at radius 1 is 0.900 bits per heavy atom. The van der Waals surface area contributed by atoms with Gasteiger partial charge in [-0.1, -0.05) is 42.1 Å². The molecule has 0 aliphatic carbocycles. The molecule has 4 aromatic rings. The summed E-state index contributed by atoms with van der Waals surface area (Å²) in [5, 5.41) is 0. The molecule has 0 bridgehead atoms. The molecule has 8 heteroatoms. The fourth-order valence-corrected chi connectivity index (χ4v) is 4.75. The van der Waals surface area contributed by atoms with Crippen LogP contribution in [0.15, 0.2) is 71.1 Å². The number of carbonyl (C=O) groups excluding carboxylic acids is 2. The van der Waals surface area contributed by atoms with E-state index in [2.05, 4.69) is 26.9 Å². The zero-order valence-corrected chi connectivity index (χ0v) is 17.7. The lowest BCUT2D eigenvalue weighted by atomic mass is 10.1. The largest absolute Gasteiger partial charge is 0.288 e. The van der Waals surface area contributed by atoms with Crippen molar-refractivity contribution >= 4 is 45.1 Å². The number of aromatic nitrogens is 2. The third kappa shape index (κ3) is 4.84. The minimum atomic E-state index is -0.462. The van der Waals surface area contributed by atoms with E-state index in [4.69, 9.17) is 0 Å². The summed E-state index contributed by atoms with van der Waals surface area (Å²) in [7, 11) is 0. The van der Waals surface area contributed by atoms with Gasteiger partial charge in [0.25, 0.3) is 11.8 Å². The van der Waals surface area contributed by atoms with E-state index in [1.54, 1.807) is 60.4 Å². The van der Waals surface area contributed by atoms with Crippen LogP contribution >= 0.6 is 23.1 Å². The molecule has 2 amide bonds. The zero-order valence-electron chi connectivity index (χ0n) is 16.1. The van der Waals surface area contributed by atoms with Gasteiger partial charge in [-0.15, -0.1) is 11.3 Å². The molecule has 150 valence electrons. The number of hydrogen-bond donors (Lipinski definition) is 2. The van der Waals surface area contributed by atoms with Crippen LogP contribution in [0, 0.1) is 6.92 Å². The van der Waals surface area contributed by atoms with Crippen LogP contribution in [0.4, 0.5) is 0 Å². The number of thioether (sulfide) groups is 1. The second-order valence-electron chi connectivity index (χ2n) is 6.51. The Balaban J connectivity index is 1.31. The molecule has 0 saturated heterocycles. The molecule has 0 aliphatic rings. The first kappa shape index (κ1) is 20.1. The predicted octanol–water partition coefficient (Wildman–Crippen LogP) is 4.37. The molecule has 30 heavy (non-hydrogen) atoms. The van der Waals surface area contributed by atoms with Gasteiger partial charge in [-0.2, -0.15) is 0 Å². The summed E-state index contributed by atoms with van der Waals surface area (Å²) < 4.78 is 2.19. The van der Waals surface area contributed by atoms with E-state index in [0.29, 0.717) is 5.56 Å². The van der Waals surface area contributed by atoms with Crippen LogP contribution < -0.4 is 10.9 Å². The van der Waals surface area contributed by atoms with E-state index < -0.39 is 5.91 Å². The number of nitrogens with one attached hydrogen (secondary N) is 2. The number of nitrogens with zero attached hydrogens (tertiary/aromatic N) is 2. The number of aryl methyl sites for hydroxylation is 1. The standard InChI is InChI=1S/C22H18N4O2S2/c1-14-5-4-7-18(23-14)21(28)26-25-20(27)16-11-9-15(10-12-16)13-29-22-24-17-6-2-3-8-19(17)30-22/h2-12H,13H2,1H3,(H,25,27)(H,26,28). The van der Waals surface area contributed by atoms with Crippen molar-refractivity contribution in [2.75, 3.05) is 0 Å². The smallest absolute Gasteiger partial charge is 0.267 e. The van der Waals surface area contributed by atoms with Crippen LogP contribution in [-0.4, -0.2) is 21.8 Å². The average Bonchev–Trinajstić information content (AvgIpc) is 3.19. The fraction of sp³-hybridized carbons (Fsp3) is 0.0909. The number of amides is 2. The zero-order chi connectivity index (χ0) is 20.9. The third-order valence-corrected chi connectivity index (χ3v) is 6.51. The van der Waals surface area contributed by atoms with Gasteiger partial charge in [-0.3, -0.25) is 20.4 Å². The highest BCUT2D eigenvalue weighted by Gasteiger charge is 2.11. The van der Waals surface area contributed by atoms with Gasteiger partial charge in [0.1, 0.15) is 5.69 Å². The minimum absolute atomic E-state index is 0.248. The summed E-state index contributed by atoms with van der Waals surface area (Å²) in [6.45, 7) is 1.80. The average molecular weight is 435 g/mol. The summed E-state index contributed by atoms with van der Waals surface area (Å²) >= 11 is 3.34. The lowest BCUT2D eigenvalue weighted by Gasteiger charge is -2.08. The lowest BCUT2D eigenvalue weighted by molar-refractivity contribution is 0.0844. The van der Waals surface area contributed by atoms with Crippen molar-refractivity contribution in [2.45, 2.75) is 17.0 Å². The second-order valence-corrected chi connectivity index (χ2v) is 8.76. The summed E-state index contributed by atoms with van der Waals surface area (Å²) in [6.07, 6.45) is 0. The van der Waals surface area contributed by atoms with Crippen molar-refractivity contribution in [1.82, 2.24) is 20.8 Å². The van der Waals surface area contributed by atoms with Gasteiger partial charge in [0, 0.05) is 17.0 Å². The van der Waals surface area contributed by atoms with Gasteiger partial charge in [-0.05, 0) is 48.9 Å². The van der Waals surface area contributed by atoms with Crippen molar-refractivity contribution in [1.29, 1.82) is 0 Å². The monoisotopic (exact) mass is 434 g/mol. The molecule has 4 rings (SSSR count). The molecule has 2 aromatic carbocycles. The second kappa shape index (κ2) is 9.06. The minimum Gasteiger partial charge on any atom is -0.267 e. The summed E-state index contributed by atoms with van der Waals surface area (Å²) in [5.74, 6) is -0.0883. The number of pyridine rings is 1. The SMILES string of the molecule is Cc1cccc(C(=O)NNC(=O)c2ccc(CSc3nc4ccccc4s3)cc2)n1. The van der Waals surface area contributed by atoms with Gasteiger partial charge in [-0.25, -0.2) is 9.97 Å². The van der Waals surface area contributed by atoms with Crippen molar-refractivity contribution in [3.8, 4) is 0 Å². The first-order valence-corrected chi connectivity index (χ1v) is 11.0. The van der Waals surface area contributed by atoms with E-state index in [0.717, 1.165) is 26.9 Å². The molecule has 0 radical (unpaired) electrons. The molecule has 0 atom stereocenters. The van der Waals surface area contributed by atoms with E-state index in [-0.39, 0.29) is 11.6 Å². The summed E-state index contributed by atoms with van der Waals surface area (Å²) in [6, 6.07) is 20.5. The van der Waals surface area contributed by atoms with Crippen LogP contribution in [0.25, 0.3) is 10.2 Å². The molecule has 2 aromatic heterocycles. The van der Waals surface area contributed by atoms with Crippen molar-refractivity contribution in [2.24, 2.45) is 0 Å². The Morgan fingerprint density at radius 2 is 1.67 bits per heavy atom. The van der Waals surface area contributed by atoms with Gasteiger partial charge in [0.05, 0.1) is 10.2 Å². The molecular formula is C22H18N4O2S2. The highest BCUT2D eigenvalue weighted by Crippen LogP contribution is 2.31. The summed E-state index contributed by atoms with van der Waals surface area (Å²) in [4.78, 5) is 33.1. The Labute approximate surface area is 181 Å². The van der Waals surface area contributed by atoms with Gasteiger partial charge in [0.2, 0.25) is 0 Å². The Morgan fingerprint density at radius 3 is 2.43 bits per heavy atom. The van der Waals surface area contributed by atoms with Gasteiger partial charge < -0.3 is 0 Å². The van der Waals surface area contributed by atoms with Crippen LogP contribution in [0.5, 0.6) is 0 Å². The summed E-state index contributed by atoms with van der Waals surface area (Å²) in [5.41, 5.74) is 8.34. The molecule has 2 N–H and O–H groups in total. The molecule has 2 heterocycles. The van der Waals surface area contributed by atoms with E-state index in [9.17, 15) is 9.59 Å². The topological polar surface area (TPSA) is 84.0 Å². The maximum Gasteiger partial charge on any atom is 0.288 e. The maximum atomic E-state index is 12.3. The van der Waals surface area contributed by atoms with Gasteiger partial charge >= 0.3 is 0 Å². The Kier molecular flexibility index (Phi) is 6.06. The quantitative estimate of drug-likeness (QED) is 0.360. The molecule has 0 unspecified atom stereocenters. The Hall–Kier alpha value is -3.23. The molecule has 0 aliphatic heterocycles. The van der Waals surface area contributed by atoms with Crippen LogP contribution in [0.2, 0.25) is 0 Å². The Bertz CT molecular complexity index is 1170. The van der Waals surface area contributed by atoms with E-state index in [1.165, 1.54) is 4.70 Å². The number of para-hydroxylation sites is 1. The fourth-order valence-electron chi connectivity index (χ4n) is 2.73. The normalized spacial score (nSPS) is 10.7. The highest BCUT2D eigenvalue weighted by molar-refractivity contribution is 8.00. The lowest BCUT2D eigenvalue weighted by Crippen LogP contribution is -2.42. The van der Waals surface area contributed by atoms with Crippen molar-refractivity contribution < 1.29 is 9.59 Å². The first-order valence-electron chi connectivity index (χ1n) is 9.20. The van der Waals surface area contributed by atoms with Crippen LogP contribution in [0.3, 0.4) is 0 Å². The van der Waals surface area contributed by atoms with Crippen LogP contribution in [0.1, 0.15) is 32.1 Å². The van der Waals surface area contributed by atoms with Crippen LogP contribution in [-0.2, 0) is 5.75 Å².